The van der Waals surface area contributed by atoms with Crippen LogP contribution in [0.25, 0.3) is 28.1 Å². The summed E-state index contributed by atoms with van der Waals surface area (Å²) in [6, 6.07) is 5.96. The Labute approximate surface area is 161 Å². The molecule has 6 nitrogen and oxygen atoms in total. The molecule has 0 spiro atoms. The number of hydrogen-bond donors (Lipinski definition) is 2. The lowest BCUT2D eigenvalue weighted by molar-refractivity contribution is 0.0695. The van der Waals surface area contributed by atoms with Gasteiger partial charge in [0.25, 0.3) is 0 Å². The van der Waals surface area contributed by atoms with Crippen LogP contribution in [-0.2, 0) is 6.42 Å². The fourth-order valence-corrected chi connectivity index (χ4v) is 4.02. The van der Waals surface area contributed by atoms with E-state index in [-0.39, 0.29) is 11.6 Å². The van der Waals surface area contributed by atoms with E-state index in [0.29, 0.717) is 5.39 Å². The van der Waals surface area contributed by atoms with Crippen LogP contribution < -0.4 is 10.7 Å². The molecule has 2 heterocycles. The van der Waals surface area contributed by atoms with Gasteiger partial charge in [-0.15, -0.1) is 0 Å². The summed E-state index contributed by atoms with van der Waals surface area (Å²) in [5.41, 5.74) is 4.40. The number of benzene rings is 1. The minimum atomic E-state index is -1.18. The maximum atomic E-state index is 12.8. The molecule has 5 rings (SSSR count). The number of fused-ring (bicyclic) bond motifs is 5. The lowest BCUT2D eigenvalue weighted by Crippen LogP contribution is -2.19. The number of anilines is 1. The Hall–Kier alpha value is -3.41. The Morgan fingerprint density at radius 1 is 1.29 bits per heavy atom. The summed E-state index contributed by atoms with van der Waals surface area (Å²) in [6.45, 7) is 0. The summed E-state index contributed by atoms with van der Waals surface area (Å²) in [7, 11) is 1.84. The molecule has 3 aromatic rings. The fraction of sp³-hybridized carbons (Fsp3) is 0.227. The van der Waals surface area contributed by atoms with Crippen molar-refractivity contribution in [1.29, 1.82) is 0 Å². The predicted molar refractivity (Wildman–Crippen MR) is 109 cm³/mol. The molecule has 0 radical (unpaired) electrons. The summed E-state index contributed by atoms with van der Waals surface area (Å²) < 4.78 is 1.99. The van der Waals surface area contributed by atoms with Crippen molar-refractivity contribution in [1.82, 2.24) is 9.55 Å². The van der Waals surface area contributed by atoms with Gasteiger partial charge in [0.15, 0.2) is 0 Å². The average molecular weight is 373 g/mol. The van der Waals surface area contributed by atoms with E-state index in [9.17, 15) is 14.7 Å². The smallest absolute Gasteiger partial charge is 0.341 e. The average Bonchev–Trinajstić information content (AvgIpc) is 3.54. The molecule has 1 aromatic carbocycles. The monoisotopic (exact) mass is 373 g/mol. The molecule has 2 aromatic heterocycles. The van der Waals surface area contributed by atoms with E-state index in [1.807, 2.05) is 29.9 Å². The normalized spacial score (nSPS) is 15.0. The molecule has 0 atom stereocenters. The molecule has 0 saturated heterocycles. The number of carbonyl (C=O) groups is 1. The third kappa shape index (κ3) is 2.45. The zero-order valence-corrected chi connectivity index (χ0v) is 15.4. The quantitative estimate of drug-likeness (QED) is 0.731. The molecule has 2 aliphatic rings. The Bertz CT molecular complexity index is 1240. The number of hydrogen-bond acceptors (Lipinski definition) is 4. The second kappa shape index (κ2) is 6.05. The van der Waals surface area contributed by atoms with Crippen molar-refractivity contribution in [2.45, 2.75) is 25.3 Å². The van der Waals surface area contributed by atoms with Crippen LogP contribution in [0.1, 0.15) is 40.4 Å². The highest BCUT2D eigenvalue weighted by atomic mass is 16.4. The molecule has 1 fully saturated rings. The summed E-state index contributed by atoms with van der Waals surface area (Å²) in [5, 5.41) is 13.0. The number of carboxylic acids is 1. The van der Waals surface area contributed by atoms with E-state index in [1.54, 1.807) is 6.07 Å². The summed E-state index contributed by atoms with van der Waals surface area (Å²) in [6.07, 6.45) is 10.3. The van der Waals surface area contributed by atoms with Crippen LogP contribution in [0.4, 0.5) is 5.82 Å². The van der Waals surface area contributed by atoms with Gasteiger partial charge in [0, 0.05) is 42.0 Å². The minimum Gasteiger partial charge on any atom is -0.477 e. The van der Waals surface area contributed by atoms with Crippen molar-refractivity contribution < 1.29 is 9.90 Å². The Kier molecular flexibility index (Phi) is 3.62. The van der Waals surface area contributed by atoms with E-state index >= 15 is 0 Å². The highest BCUT2D eigenvalue weighted by Crippen LogP contribution is 2.41. The molecular weight excluding hydrogens is 354 g/mol. The van der Waals surface area contributed by atoms with E-state index in [2.05, 4.69) is 22.5 Å². The van der Waals surface area contributed by atoms with Crippen molar-refractivity contribution in [2.24, 2.45) is 0 Å². The molecule has 28 heavy (non-hydrogen) atoms. The molecule has 1 saturated carbocycles. The lowest BCUT2D eigenvalue weighted by Gasteiger charge is -2.17. The number of nitrogens with zero attached hydrogens (tertiary/aromatic N) is 2. The molecule has 0 aliphatic heterocycles. The van der Waals surface area contributed by atoms with E-state index in [4.69, 9.17) is 0 Å². The first kappa shape index (κ1) is 16.7. The van der Waals surface area contributed by atoms with E-state index < -0.39 is 11.4 Å². The molecule has 2 N–H and O–H groups in total. The second-order valence-corrected chi connectivity index (χ2v) is 7.32. The SMILES string of the molecule is CNc1cc2c(cn1)-c1ccc3c(=O)c(C(=O)O)cn(C4CC4)c3c1C=CC2. The van der Waals surface area contributed by atoms with Gasteiger partial charge in [-0.05, 0) is 42.5 Å². The fourth-order valence-electron chi connectivity index (χ4n) is 4.02. The summed E-state index contributed by atoms with van der Waals surface area (Å²) in [4.78, 5) is 28.9. The highest BCUT2D eigenvalue weighted by molar-refractivity contribution is 5.99. The second-order valence-electron chi connectivity index (χ2n) is 7.32. The highest BCUT2D eigenvalue weighted by Gasteiger charge is 2.28. The maximum absolute atomic E-state index is 12.8. The number of pyridine rings is 2. The van der Waals surface area contributed by atoms with Crippen LogP contribution in [-0.4, -0.2) is 27.7 Å². The first-order chi connectivity index (χ1) is 13.6. The molecule has 140 valence electrons. The molecule has 6 heteroatoms. The van der Waals surface area contributed by atoms with Crippen LogP contribution in [0.3, 0.4) is 0 Å². The topological polar surface area (TPSA) is 84.2 Å². The Morgan fingerprint density at radius 2 is 2.11 bits per heavy atom. The zero-order valence-electron chi connectivity index (χ0n) is 15.4. The van der Waals surface area contributed by atoms with Gasteiger partial charge in [-0.2, -0.15) is 0 Å². The van der Waals surface area contributed by atoms with Gasteiger partial charge in [0.05, 0.1) is 5.52 Å². The van der Waals surface area contributed by atoms with Gasteiger partial charge in [-0.3, -0.25) is 4.79 Å². The van der Waals surface area contributed by atoms with Crippen LogP contribution in [0, 0.1) is 0 Å². The Morgan fingerprint density at radius 3 is 2.82 bits per heavy atom. The molecule has 2 aliphatic carbocycles. The molecule has 0 bridgehead atoms. The van der Waals surface area contributed by atoms with Crippen LogP contribution in [0.15, 0.2) is 41.5 Å². The van der Waals surface area contributed by atoms with Crippen LogP contribution in [0.5, 0.6) is 0 Å². The number of nitrogens with one attached hydrogen (secondary N) is 1. The third-order valence-corrected chi connectivity index (χ3v) is 5.56. The molecular formula is C22H19N3O3. The number of carboxylic acid groups (broad SMARTS) is 1. The first-order valence-corrected chi connectivity index (χ1v) is 9.37. The zero-order chi connectivity index (χ0) is 19.4. The predicted octanol–water partition coefficient (Wildman–Crippen LogP) is 3.71. The van der Waals surface area contributed by atoms with E-state index in [1.165, 1.54) is 6.20 Å². The van der Waals surface area contributed by atoms with Gasteiger partial charge >= 0.3 is 5.97 Å². The number of allylic oxidation sites excluding steroid dienone is 1. The largest absolute Gasteiger partial charge is 0.477 e. The maximum Gasteiger partial charge on any atom is 0.341 e. The van der Waals surface area contributed by atoms with Crippen LogP contribution in [0.2, 0.25) is 0 Å². The van der Waals surface area contributed by atoms with Crippen molar-refractivity contribution in [3.8, 4) is 11.1 Å². The van der Waals surface area contributed by atoms with Crippen molar-refractivity contribution >= 4 is 28.8 Å². The Balaban J connectivity index is 1.87. The van der Waals surface area contributed by atoms with Crippen molar-refractivity contribution in [2.75, 3.05) is 12.4 Å². The lowest BCUT2D eigenvalue weighted by atomic mass is 9.95. The first-order valence-electron chi connectivity index (χ1n) is 9.37. The molecule has 0 amide bonds. The number of rotatable bonds is 3. The number of aromatic nitrogens is 2. The summed E-state index contributed by atoms with van der Waals surface area (Å²) in [5.74, 6) is -0.363. The standard InChI is InChI=1S/C22H19N3O3/c1-23-19-9-12-3-2-4-15-14(17(12)10-24-19)7-8-16-20(15)25(13-5-6-13)11-18(21(16)26)22(27)28/h2,4,7-11,13H,3,5-6H2,1H3,(H,23,24)(H,27,28). The third-order valence-electron chi connectivity index (χ3n) is 5.56. The van der Waals surface area contributed by atoms with Gasteiger partial charge < -0.3 is 15.0 Å². The van der Waals surface area contributed by atoms with Crippen molar-refractivity contribution in [3.05, 3.63) is 63.6 Å². The van der Waals surface area contributed by atoms with Gasteiger partial charge in [0.1, 0.15) is 11.4 Å². The minimum absolute atomic E-state index is 0.169. The van der Waals surface area contributed by atoms with Gasteiger partial charge in [-0.25, -0.2) is 9.78 Å². The van der Waals surface area contributed by atoms with E-state index in [0.717, 1.165) is 52.9 Å². The summed E-state index contributed by atoms with van der Waals surface area (Å²) >= 11 is 0. The molecule has 0 unspecified atom stereocenters. The number of aromatic carboxylic acids is 1. The van der Waals surface area contributed by atoms with Gasteiger partial charge in [-0.1, -0.05) is 18.2 Å². The van der Waals surface area contributed by atoms with Gasteiger partial charge in [0.2, 0.25) is 5.43 Å². The van der Waals surface area contributed by atoms with Crippen molar-refractivity contribution in [3.63, 3.8) is 0 Å². The van der Waals surface area contributed by atoms with Crippen LogP contribution >= 0.6 is 0 Å².